The predicted octanol–water partition coefficient (Wildman–Crippen LogP) is 2.03. The van der Waals surface area contributed by atoms with Crippen molar-refractivity contribution in [1.82, 2.24) is 5.32 Å². The zero-order valence-corrected chi connectivity index (χ0v) is 11.9. The summed E-state index contributed by atoms with van der Waals surface area (Å²) in [6.07, 6.45) is 0.855. The Hall–Kier alpha value is -2.11. The molecule has 112 valence electrons. The molecule has 0 aliphatic heterocycles. The summed E-state index contributed by atoms with van der Waals surface area (Å²) in [6, 6.07) is 12.4. The number of rotatable bonds is 7. The highest BCUT2D eigenvalue weighted by Gasteiger charge is 2.24. The van der Waals surface area contributed by atoms with Gasteiger partial charge in [-0.25, -0.2) is 0 Å². The molecule has 0 fully saturated rings. The minimum atomic E-state index is -0.805. The van der Waals surface area contributed by atoms with Crippen molar-refractivity contribution in [3.05, 3.63) is 60.1 Å². The maximum atomic E-state index is 11.5. The van der Waals surface area contributed by atoms with Gasteiger partial charge in [0.15, 0.2) is 0 Å². The van der Waals surface area contributed by atoms with E-state index >= 15 is 0 Å². The van der Waals surface area contributed by atoms with Gasteiger partial charge >= 0.3 is 5.97 Å². The van der Waals surface area contributed by atoms with Crippen LogP contribution in [0.1, 0.15) is 23.8 Å². The molecule has 0 radical (unpaired) electrons. The largest absolute Gasteiger partial charge is 0.469 e. The van der Waals surface area contributed by atoms with Gasteiger partial charge in [0, 0.05) is 6.04 Å². The van der Waals surface area contributed by atoms with E-state index in [-0.39, 0.29) is 12.4 Å². The summed E-state index contributed by atoms with van der Waals surface area (Å²) < 4.78 is 9.93. The van der Waals surface area contributed by atoms with Crippen molar-refractivity contribution in [3.63, 3.8) is 0 Å². The van der Waals surface area contributed by atoms with Crippen molar-refractivity contribution >= 4 is 5.97 Å². The number of hydrogen-bond acceptors (Lipinski definition) is 5. The smallest absolute Gasteiger partial charge is 0.307 e. The number of nitrogens with one attached hydrogen (secondary N) is 1. The van der Waals surface area contributed by atoms with E-state index in [0.29, 0.717) is 6.54 Å². The van der Waals surface area contributed by atoms with Crippen LogP contribution in [0.25, 0.3) is 0 Å². The molecule has 1 heterocycles. The standard InChI is InChI=1S/C16H19NO4/c1-20-15(18)10-14(17-11-13-8-5-9-21-13)16(19)12-6-3-2-4-7-12/h2-9,14,16-17,19H,10-11H2,1H3. The van der Waals surface area contributed by atoms with Crippen LogP contribution in [0, 0.1) is 0 Å². The number of carbonyl (C=O) groups is 1. The van der Waals surface area contributed by atoms with Crippen molar-refractivity contribution in [3.8, 4) is 0 Å². The number of benzene rings is 1. The fourth-order valence-electron chi connectivity index (χ4n) is 2.09. The third kappa shape index (κ3) is 4.44. The molecule has 21 heavy (non-hydrogen) atoms. The highest BCUT2D eigenvalue weighted by atomic mass is 16.5. The number of hydrogen-bond donors (Lipinski definition) is 2. The maximum Gasteiger partial charge on any atom is 0.307 e. The SMILES string of the molecule is COC(=O)CC(NCc1ccco1)C(O)c1ccccc1. The molecule has 2 atom stereocenters. The Morgan fingerprint density at radius 1 is 1.29 bits per heavy atom. The van der Waals surface area contributed by atoms with Gasteiger partial charge in [-0.3, -0.25) is 4.79 Å². The molecule has 0 saturated heterocycles. The highest BCUT2D eigenvalue weighted by Crippen LogP contribution is 2.19. The molecule has 2 N–H and O–H groups in total. The Morgan fingerprint density at radius 3 is 2.67 bits per heavy atom. The summed E-state index contributed by atoms with van der Waals surface area (Å²) in [6.45, 7) is 0.429. The molecule has 2 rings (SSSR count). The lowest BCUT2D eigenvalue weighted by atomic mass is 9.99. The summed E-state index contributed by atoms with van der Waals surface area (Å²) in [5, 5.41) is 13.6. The van der Waals surface area contributed by atoms with Crippen LogP contribution >= 0.6 is 0 Å². The van der Waals surface area contributed by atoms with Crippen LogP contribution < -0.4 is 5.32 Å². The van der Waals surface area contributed by atoms with Crippen LogP contribution in [0.15, 0.2) is 53.1 Å². The monoisotopic (exact) mass is 289 g/mol. The van der Waals surface area contributed by atoms with Gasteiger partial charge in [0.1, 0.15) is 5.76 Å². The van der Waals surface area contributed by atoms with Crippen LogP contribution in [0.4, 0.5) is 0 Å². The Bertz CT molecular complexity index is 539. The van der Waals surface area contributed by atoms with Gasteiger partial charge in [0.05, 0.1) is 32.4 Å². The molecular weight excluding hydrogens is 270 g/mol. The number of carbonyl (C=O) groups excluding carboxylic acids is 1. The normalized spacial score (nSPS) is 13.6. The van der Waals surface area contributed by atoms with Crippen LogP contribution in [-0.2, 0) is 16.1 Å². The zero-order valence-electron chi connectivity index (χ0n) is 11.9. The summed E-state index contributed by atoms with van der Waals surface area (Å²) in [5.74, 6) is 0.368. The molecule has 5 nitrogen and oxygen atoms in total. The molecule has 5 heteroatoms. The van der Waals surface area contributed by atoms with Crippen molar-refractivity contribution in [1.29, 1.82) is 0 Å². The number of aliphatic hydroxyl groups excluding tert-OH is 1. The lowest BCUT2D eigenvalue weighted by molar-refractivity contribution is -0.142. The van der Waals surface area contributed by atoms with Gasteiger partial charge in [-0.15, -0.1) is 0 Å². The molecule has 0 amide bonds. The summed E-state index contributed by atoms with van der Waals surface area (Å²) in [5.41, 5.74) is 0.748. The van der Waals surface area contributed by atoms with Crippen LogP contribution in [-0.4, -0.2) is 24.2 Å². The third-order valence-corrected chi connectivity index (χ3v) is 3.26. The molecule has 0 spiro atoms. The van der Waals surface area contributed by atoms with Crippen molar-refractivity contribution in [2.45, 2.75) is 25.1 Å². The summed E-state index contributed by atoms with van der Waals surface area (Å²) >= 11 is 0. The van der Waals surface area contributed by atoms with E-state index in [9.17, 15) is 9.90 Å². The molecule has 0 bridgehead atoms. The van der Waals surface area contributed by atoms with Gasteiger partial charge < -0.3 is 19.6 Å². The fraction of sp³-hybridized carbons (Fsp3) is 0.312. The summed E-state index contributed by atoms with van der Waals surface area (Å²) in [7, 11) is 1.33. The summed E-state index contributed by atoms with van der Waals surface area (Å²) in [4.78, 5) is 11.5. The van der Waals surface area contributed by atoms with Gasteiger partial charge in [0.2, 0.25) is 0 Å². The van der Waals surface area contributed by atoms with E-state index in [0.717, 1.165) is 11.3 Å². The second kappa shape index (κ2) is 7.61. The number of methoxy groups -OCH3 is 1. The Balaban J connectivity index is 2.05. The number of ether oxygens (including phenoxy) is 1. The minimum Gasteiger partial charge on any atom is -0.469 e. The molecular formula is C16H19NO4. The molecule has 0 saturated carbocycles. The lowest BCUT2D eigenvalue weighted by Gasteiger charge is -2.23. The first-order chi connectivity index (χ1) is 10.2. The first kappa shape index (κ1) is 15.3. The van der Waals surface area contributed by atoms with Crippen molar-refractivity contribution < 1.29 is 19.1 Å². The number of furan rings is 1. The van der Waals surface area contributed by atoms with E-state index in [2.05, 4.69) is 5.32 Å². The number of aliphatic hydroxyl groups is 1. The molecule has 0 aliphatic carbocycles. The van der Waals surface area contributed by atoms with E-state index < -0.39 is 12.1 Å². The first-order valence-electron chi connectivity index (χ1n) is 6.76. The van der Waals surface area contributed by atoms with Crippen LogP contribution in [0.2, 0.25) is 0 Å². The molecule has 1 aromatic carbocycles. The fourth-order valence-corrected chi connectivity index (χ4v) is 2.09. The quantitative estimate of drug-likeness (QED) is 0.763. The second-order valence-corrected chi connectivity index (χ2v) is 4.70. The Labute approximate surface area is 123 Å². The molecule has 1 aromatic heterocycles. The zero-order chi connectivity index (χ0) is 15.1. The Morgan fingerprint density at radius 2 is 2.05 bits per heavy atom. The molecule has 2 unspecified atom stereocenters. The second-order valence-electron chi connectivity index (χ2n) is 4.70. The first-order valence-corrected chi connectivity index (χ1v) is 6.76. The van der Waals surface area contributed by atoms with E-state index in [1.165, 1.54) is 7.11 Å². The maximum absolute atomic E-state index is 11.5. The topological polar surface area (TPSA) is 71.7 Å². The average Bonchev–Trinajstić information content (AvgIpc) is 3.04. The Kier molecular flexibility index (Phi) is 5.54. The van der Waals surface area contributed by atoms with Crippen molar-refractivity contribution in [2.24, 2.45) is 0 Å². The van der Waals surface area contributed by atoms with Crippen LogP contribution in [0.3, 0.4) is 0 Å². The van der Waals surface area contributed by atoms with Crippen LogP contribution in [0.5, 0.6) is 0 Å². The third-order valence-electron chi connectivity index (χ3n) is 3.26. The van der Waals surface area contributed by atoms with Gasteiger partial charge in [0.25, 0.3) is 0 Å². The molecule has 0 aliphatic rings. The minimum absolute atomic E-state index is 0.0767. The van der Waals surface area contributed by atoms with Gasteiger partial charge in [-0.2, -0.15) is 0 Å². The predicted molar refractivity (Wildman–Crippen MR) is 77.4 cm³/mol. The lowest BCUT2D eigenvalue weighted by Crippen LogP contribution is -2.36. The van der Waals surface area contributed by atoms with Gasteiger partial charge in [-0.1, -0.05) is 30.3 Å². The number of esters is 1. The van der Waals surface area contributed by atoms with Gasteiger partial charge in [-0.05, 0) is 17.7 Å². The highest BCUT2D eigenvalue weighted by molar-refractivity contribution is 5.70. The van der Waals surface area contributed by atoms with E-state index in [4.69, 9.17) is 9.15 Å². The van der Waals surface area contributed by atoms with E-state index in [1.54, 1.807) is 12.3 Å². The molecule has 2 aromatic rings. The average molecular weight is 289 g/mol. The van der Waals surface area contributed by atoms with Crippen molar-refractivity contribution in [2.75, 3.05) is 7.11 Å². The van der Waals surface area contributed by atoms with E-state index in [1.807, 2.05) is 36.4 Å².